The number of aliphatic hydroxyl groups excluding tert-OH is 1. The summed E-state index contributed by atoms with van der Waals surface area (Å²) >= 11 is 0. The fraction of sp³-hybridized carbons (Fsp3) is 0.368. The van der Waals surface area contributed by atoms with Crippen LogP contribution in [0.1, 0.15) is 34.7 Å². The summed E-state index contributed by atoms with van der Waals surface area (Å²) in [6.45, 7) is 4.02. The topological polar surface area (TPSA) is 87.0 Å². The van der Waals surface area contributed by atoms with Gasteiger partial charge < -0.3 is 9.84 Å². The summed E-state index contributed by atoms with van der Waals surface area (Å²) < 4.78 is 4.49. The van der Waals surface area contributed by atoms with E-state index in [0.29, 0.717) is 17.2 Å². The third-order valence-electron chi connectivity index (χ3n) is 5.26. The van der Waals surface area contributed by atoms with Gasteiger partial charge in [-0.05, 0) is 31.0 Å². The van der Waals surface area contributed by atoms with Gasteiger partial charge in [0.2, 0.25) is 12.4 Å². The number of hydrogen-bond donors (Lipinski definition) is 3. The molecule has 1 unspecified atom stereocenters. The van der Waals surface area contributed by atoms with E-state index in [1.165, 1.54) is 0 Å². The number of hydrogen-bond acceptors (Lipinski definition) is 6. The summed E-state index contributed by atoms with van der Waals surface area (Å²) in [5, 5.41) is 25.9. The summed E-state index contributed by atoms with van der Waals surface area (Å²) in [5.41, 5.74) is 4.12. The number of methoxy groups -OCH3 is 1. The van der Waals surface area contributed by atoms with Gasteiger partial charge in [0.1, 0.15) is 18.3 Å². The molecule has 2 aromatic rings. The highest BCUT2D eigenvalue weighted by Crippen LogP contribution is 2.46. The van der Waals surface area contributed by atoms with Crippen molar-refractivity contribution in [1.82, 2.24) is 10.3 Å². The number of aliphatic hydroxyl groups is 1. The van der Waals surface area contributed by atoms with Crippen LogP contribution in [-0.4, -0.2) is 45.7 Å². The average molecular weight is 355 g/mol. The predicted molar refractivity (Wildman–Crippen MR) is 95.8 cm³/mol. The summed E-state index contributed by atoms with van der Waals surface area (Å²) in [6.07, 6.45) is -1.75. The maximum absolute atomic E-state index is 11.5. The Kier molecular flexibility index (Phi) is 4.13. The molecule has 1 aromatic heterocycles. The van der Waals surface area contributed by atoms with Crippen LogP contribution < -0.4 is 5.32 Å². The third kappa shape index (κ3) is 2.40. The first-order valence-corrected chi connectivity index (χ1v) is 8.62. The molecule has 1 aromatic carbocycles. The molecule has 26 heavy (non-hydrogen) atoms. The Labute approximate surface area is 152 Å². The van der Waals surface area contributed by atoms with Gasteiger partial charge >= 0.3 is 0 Å². The molecular formula is C19H23N4O3+. The van der Waals surface area contributed by atoms with Crippen LogP contribution in [0.25, 0.3) is 0 Å². The molecule has 4 rings (SSSR count). The molecule has 0 radical (unpaired) electrons. The molecule has 1 fully saturated rings. The van der Waals surface area contributed by atoms with E-state index in [1.807, 2.05) is 50.2 Å². The van der Waals surface area contributed by atoms with Gasteiger partial charge in [0.05, 0.1) is 5.69 Å². The van der Waals surface area contributed by atoms with Crippen LogP contribution in [0.2, 0.25) is 0 Å². The molecule has 0 bridgehead atoms. The minimum atomic E-state index is -1.13. The standard InChI is InChI=1S/C19H23N4O3/c1-11-9-14-17(20-12(11)2)18-22-16(13-7-5-4-6-8-13)19(24)23(18,25)15(21-14)10-26-3/h4-9,16,18-19,22,24-25H,10H2,1-3H3/q+1/t16-,18?,19-,23+/m1/s1. The molecule has 0 aliphatic carbocycles. The molecule has 4 atom stereocenters. The number of ether oxygens (including phenoxy) is 1. The van der Waals surface area contributed by atoms with E-state index in [4.69, 9.17) is 4.74 Å². The van der Waals surface area contributed by atoms with Crippen molar-refractivity contribution in [1.29, 1.82) is 0 Å². The lowest BCUT2D eigenvalue weighted by molar-refractivity contribution is -1.08. The number of aryl methyl sites for hydroxylation is 2. The van der Waals surface area contributed by atoms with E-state index >= 15 is 0 Å². The molecule has 7 heteroatoms. The zero-order valence-electron chi connectivity index (χ0n) is 15.0. The molecule has 0 spiro atoms. The number of fused-ring (bicyclic) bond motifs is 3. The zero-order valence-corrected chi connectivity index (χ0v) is 15.0. The van der Waals surface area contributed by atoms with E-state index in [1.54, 1.807) is 7.11 Å². The Balaban J connectivity index is 1.87. The van der Waals surface area contributed by atoms with E-state index in [-0.39, 0.29) is 6.61 Å². The van der Waals surface area contributed by atoms with Crippen LogP contribution in [0.15, 0.2) is 41.4 Å². The lowest BCUT2D eigenvalue weighted by Crippen LogP contribution is -2.58. The van der Waals surface area contributed by atoms with Crippen molar-refractivity contribution in [2.24, 2.45) is 4.99 Å². The van der Waals surface area contributed by atoms with Crippen LogP contribution in [0.3, 0.4) is 0 Å². The summed E-state index contributed by atoms with van der Waals surface area (Å²) in [4.78, 5) is 9.24. The molecular weight excluding hydrogens is 332 g/mol. The third-order valence-corrected chi connectivity index (χ3v) is 5.26. The van der Waals surface area contributed by atoms with Crippen molar-refractivity contribution >= 4 is 11.5 Å². The molecule has 0 saturated carbocycles. The summed E-state index contributed by atoms with van der Waals surface area (Å²) in [6, 6.07) is 11.1. The Morgan fingerprint density at radius 2 is 1.96 bits per heavy atom. The molecule has 2 aliphatic heterocycles. The van der Waals surface area contributed by atoms with Gasteiger partial charge in [-0.3, -0.25) is 0 Å². The number of aliphatic imine (C=N–C) groups is 1. The van der Waals surface area contributed by atoms with Gasteiger partial charge in [-0.15, -0.1) is 0 Å². The quantitative estimate of drug-likeness (QED) is 0.735. The van der Waals surface area contributed by atoms with Crippen molar-refractivity contribution < 1.29 is 19.7 Å². The normalized spacial score (nSPS) is 29.9. The molecule has 7 nitrogen and oxygen atoms in total. The number of benzene rings is 1. The number of nitrogens with one attached hydrogen (secondary N) is 1. The second-order valence-corrected chi connectivity index (χ2v) is 6.87. The summed E-state index contributed by atoms with van der Waals surface area (Å²) in [5.74, 6) is 0.355. The van der Waals surface area contributed by atoms with Crippen LogP contribution in [0.5, 0.6) is 0 Å². The fourth-order valence-corrected chi connectivity index (χ4v) is 3.73. The van der Waals surface area contributed by atoms with Crippen LogP contribution >= 0.6 is 0 Å². The highest BCUT2D eigenvalue weighted by Gasteiger charge is 2.62. The maximum atomic E-state index is 11.5. The number of rotatable bonds is 3. The number of nitrogens with zero attached hydrogens (tertiary/aromatic N) is 3. The number of aromatic nitrogens is 1. The number of amidine groups is 1. The molecule has 0 amide bonds. The van der Waals surface area contributed by atoms with Crippen molar-refractivity contribution in [2.75, 3.05) is 13.7 Å². The highest BCUT2D eigenvalue weighted by molar-refractivity contribution is 5.82. The van der Waals surface area contributed by atoms with Gasteiger partial charge in [0, 0.05) is 12.8 Å². The fourth-order valence-electron chi connectivity index (χ4n) is 3.73. The number of hydroxylamine groups is 3. The van der Waals surface area contributed by atoms with Crippen LogP contribution in [0.4, 0.5) is 5.69 Å². The predicted octanol–water partition coefficient (Wildman–Crippen LogP) is 2.26. The van der Waals surface area contributed by atoms with Gasteiger partial charge in [-0.1, -0.05) is 35.0 Å². The SMILES string of the molecule is COCC1=Nc2cc(C)c(C)nc2C2N[C@H](c3ccccc3)[C@@H](O)[N@+]12O. The van der Waals surface area contributed by atoms with Crippen molar-refractivity contribution in [2.45, 2.75) is 32.3 Å². The van der Waals surface area contributed by atoms with E-state index in [2.05, 4.69) is 15.3 Å². The molecule has 1 saturated heterocycles. The minimum absolute atomic E-state index is 0.111. The largest absolute Gasteiger partial charge is 0.372 e. The molecule has 2 aliphatic rings. The monoisotopic (exact) mass is 355 g/mol. The highest BCUT2D eigenvalue weighted by atomic mass is 16.6. The van der Waals surface area contributed by atoms with Crippen LogP contribution in [-0.2, 0) is 4.74 Å². The Hall–Kier alpha value is -2.16. The first-order valence-electron chi connectivity index (χ1n) is 8.62. The smallest absolute Gasteiger partial charge is 0.266 e. The second-order valence-electron chi connectivity index (χ2n) is 6.87. The number of pyridine rings is 1. The number of quaternary nitrogens is 1. The first-order chi connectivity index (χ1) is 12.5. The van der Waals surface area contributed by atoms with Crippen LogP contribution in [0, 0.1) is 13.8 Å². The molecule has 3 N–H and O–H groups in total. The van der Waals surface area contributed by atoms with Crippen molar-refractivity contribution in [3.05, 3.63) is 58.9 Å². The Morgan fingerprint density at radius 3 is 2.65 bits per heavy atom. The first kappa shape index (κ1) is 17.3. The lowest BCUT2D eigenvalue weighted by atomic mass is 10.1. The van der Waals surface area contributed by atoms with Gasteiger partial charge in [-0.25, -0.2) is 15.5 Å². The van der Waals surface area contributed by atoms with E-state index in [0.717, 1.165) is 16.8 Å². The average Bonchev–Trinajstić information content (AvgIpc) is 2.91. The van der Waals surface area contributed by atoms with Crippen molar-refractivity contribution in [3.63, 3.8) is 0 Å². The lowest BCUT2D eigenvalue weighted by Gasteiger charge is -2.36. The summed E-state index contributed by atoms with van der Waals surface area (Å²) in [7, 11) is 1.54. The van der Waals surface area contributed by atoms with E-state index in [9.17, 15) is 10.3 Å². The molecule has 3 heterocycles. The minimum Gasteiger partial charge on any atom is -0.372 e. The second kappa shape index (κ2) is 6.22. The van der Waals surface area contributed by atoms with Gasteiger partial charge in [0.25, 0.3) is 5.84 Å². The van der Waals surface area contributed by atoms with E-state index < -0.39 is 23.1 Å². The Morgan fingerprint density at radius 1 is 1.23 bits per heavy atom. The van der Waals surface area contributed by atoms with Gasteiger partial charge in [0.15, 0.2) is 0 Å². The molecule has 136 valence electrons. The van der Waals surface area contributed by atoms with Crippen molar-refractivity contribution in [3.8, 4) is 0 Å². The zero-order chi connectivity index (χ0) is 18.5. The van der Waals surface area contributed by atoms with Gasteiger partial charge in [-0.2, -0.15) is 4.99 Å². The Bertz CT molecular complexity index is 871. The maximum Gasteiger partial charge on any atom is 0.266 e.